The number of carboxylic acids is 1. The van der Waals surface area contributed by atoms with Gasteiger partial charge in [0, 0.05) is 23.4 Å². The number of carboxylic acid groups (broad SMARTS) is 1. The monoisotopic (exact) mass is 391 g/mol. The summed E-state index contributed by atoms with van der Waals surface area (Å²) in [6.07, 6.45) is 2.01. The van der Waals surface area contributed by atoms with Gasteiger partial charge in [-0.15, -0.1) is 11.8 Å². The first-order valence-electron chi connectivity index (χ1n) is 8.11. The Balaban J connectivity index is 1.90. The van der Waals surface area contributed by atoms with Crippen LogP contribution in [-0.4, -0.2) is 46.7 Å². The second-order valence-electron chi connectivity index (χ2n) is 6.01. The van der Waals surface area contributed by atoms with E-state index in [1.165, 1.54) is 17.8 Å². The minimum Gasteiger partial charge on any atom is -0.481 e. The Hall–Kier alpha value is -3.01. The van der Waals surface area contributed by atoms with Gasteiger partial charge in [-0.2, -0.15) is 0 Å². The first kappa shape index (κ1) is 20.3. The Labute approximate surface area is 160 Å². The van der Waals surface area contributed by atoms with Crippen LogP contribution in [0.2, 0.25) is 0 Å². The van der Waals surface area contributed by atoms with Crippen molar-refractivity contribution in [1.29, 1.82) is 5.41 Å². The molecule has 1 aliphatic rings. The third-order valence-electron chi connectivity index (χ3n) is 3.81. The molecule has 7 N–H and O–H groups in total. The number of rotatable bonds is 8. The number of nitrogens with two attached hydrogens (primary N) is 1. The fourth-order valence-electron chi connectivity index (χ4n) is 2.53. The highest BCUT2D eigenvalue weighted by Crippen LogP contribution is 2.28. The normalized spacial score (nSPS) is 17.9. The second kappa shape index (κ2) is 9.08. The summed E-state index contributed by atoms with van der Waals surface area (Å²) in [6, 6.07) is 6.37. The topological polar surface area (TPSA) is 157 Å². The predicted molar refractivity (Wildman–Crippen MR) is 104 cm³/mol. The van der Waals surface area contributed by atoms with Gasteiger partial charge in [0.15, 0.2) is 5.96 Å². The molecule has 0 radical (unpaired) electrons. The zero-order valence-electron chi connectivity index (χ0n) is 14.5. The van der Waals surface area contributed by atoms with Gasteiger partial charge in [-0.3, -0.25) is 19.8 Å². The molecular weight excluding hydrogens is 370 g/mol. The third-order valence-corrected chi connectivity index (χ3v) is 4.82. The van der Waals surface area contributed by atoms with Crippen LogP contribution in [0.25, 0.3) is 0 Å². The Morgan fingerprint density at radius 1 is 1.33 bits per heavy atom. The average molecular weight is 391 g/mol. The summed E-state index contributed by atoms with van der Waals surface area (Å²) in [4.78, 5) is 35.3. The fourth-order valence-corrected chi connectivity index (χ4v) is 3.59. The van der Waals surface area contributed by atoms with Crippen molar-refractivity contribution in [3.63, 3.8) is 0 Å². The molecule has 9 nitrogen and oxygen atoms in total. The van der Waals surface area contributed by atoms with Gasteiger partial charge in [-0.25, -0.2) is 0 Å². The maximum Gasteiger partial charge on any atom is 0.303 e. The summed E-state index contributed by atoms with van der Waals surface area (Å²) in [7, 11) is 0. The molecule has 0 saturated heterocycles. The Kier molecular flexibility index (Phi) is 6.83. The number of amides is 2. The maximum atomic E-state index is 12.2. The molecule has 1 aromatic carbocycles. The number of nitrogens with one attached hydrogen (secondary N) is 4. The van der Waals surface area contributed by atoms with E-state index < -0.39 is 23.3 Å². The van der Waals surface area contributed by atoms with Crippen LogP contribution in [0.15, 0.2) is 35.7 Å². The van der Waals surface area contributed by atoms with E-state index in [9.17, 15) is 14.4 Å². The predicted octanol–water partition coefficient (Wildman–Crippen LogP) is 0.702. The number of aliphatic carboxylic acids is 1. The molecule has 0 fully saturated rings. The Bertz CT molecular complexity index is 782. The van der Waals surface area contributed by atoms with E-state index in [2.05, 4.69) is 16.0 Å². The number of carbonyl (C=O) groups excluding carboxylic acids is 2. The van der Waals surface area contributed by atoms with Crippen LogP contribution < -0.4 is 21.7 Å². The largest absolute Gasteiger partial charge is 0.481 e. The number of carbonyl (C=O) groups is 3. The van der Waals surface area contributed by atoms with Gasteiger partial charge in [-0.1, -0.05) is 12.1 Å². The number of hydrogen-bond acceptors (Lipinski definition) is 5. The van der Waals surface area contributed by atoms with Crippen LogP contribution in [0.4, 0.5) is 5.69 Å². The summed E-state index contributed by atoms with van der Waals surface area (Å²) >= 11 is 1.49. The third kappa shape index (κ3) is 6.33. The summed E-state index contributed by atoms with van der Waals surface area (Å²) < 4.78 is 0. The molecule has 27 heavy (non-hydrogen) atoms. The van der Waals surface area contributed by atoms with Crippen molar-refractivity contribution in [1.82, 2.24) is 10.6 Å². The van der Waals surface area contributed by atoms with Gasteiger partial charge in [0.1, 0.15) is 0 Å². The van der Waals surface area contributed by atoms with E-state index in [0.29, 0.717) is 17.0 Å². The van der Waals surface area contributed by atoms with Crippen molar-refractivity contribution in [2.75, 3.05) is 17.6 Å². The average Bonchev–Trinajstić information content (AvgIpc) is 3.06. The van der Waals surface area contributed by atoms with Crippen LogP contribution in [0.1, 0.15) is 23.2 Å². The first-order valence-corrected chi connectivity index (χ1v) is 9.16. The molecule has 0 aliphatic carbocycles. The molecule has 2 amide bonds. The molecule has 10 heteroatoms. The lowest BCUT2D eigenvalue weighted by Gasteiger charge is -2.27. The van der Waals surface area contributed by atoms with E-state index in [0.717, 1.165) is 0 Å². The van der Waals surface area contributed by atoms with Crippen LogP contribution >= 0.6 is 11.8 Å². The SMILES string of the molecule is N=C(N)Nc1cccc(C(=O)NCC(=O)NC2(CCC(=O)O)C=CSC2)c1. The maximum absolute atomic E-state index is 12.2. The highest BCUT2D eigenvalue weighted by Gasteiger charge is 2.32. The number of hydrogen-bond donors (Lipinski definition) is 6. The van der Waals surface area contributed by atoms with Crippen LogP contribution in [0.3, 0.4) is 0 Å². The molecule has 1 atom stereocenters. The van der Waals surface area contributed by atoms with E-state index in [-0.39, 0.29) is 25.3 Å². The van der Waals surface area contributed by atoms with Gasteiger partial charge in [-0.05, 0) is 30.0 Å². The van der Waals surface area contributed by atoms with Crippen molar-refractivity contribution < 1.29 is 19.5 Å². The van der Waals surface area contributed by atoms with Gasteiger partial charge in [0.25, 0.3) is 5.91 Å². The Morgan fingerprint density at radius 2 is 2.11 bits per heavy atom. The molecule has 144 valence electrons. The van der Waals surface area contributed by atoms with Crippen molar-refractivity contribution in [3.05, 3.63) is 41.3 Å². The standard InChI is InChI=1S/C17H21N5O4S/c18-16(19)21-12-3-1-2-11(8-12)15(26)20-9-13(23)22-17(5-4-14(24)25)6-7-27-10-17/h1-3,6-8H,4-5,9-10H2,(H,20,26)(H,22,23)(H,24,25)(H4,18,19,21). The lowest BCUT2D eigenvalue weighted by molar-refractivity contribution is -0.137. The van der Waals surface area contributed by atoms with Gasteiger partial charge < -0.3 is 26.8 Å². The van der Waals surface area contributed by atoms with Crippen LogP contribution in [0, 0.1) is 5.41 Å². The molecule has 1 aromatic rings. The van der Waals surface area contributed by atoms with Crippen molar-refractivity contribution in [2.24, 2.45) is 5.73 Å². The molecular formula is C17H21N5O4S. The molecule has 0 aromatic heterocycles. The van der Waals surface area contributed by atoms with Crippen molar-refractivity contribution in [3.8, 4) is 0 Å². The zero-order chi connectivity index (χ0) is 19.9. The highest BCUT2D eigenvalue weighted by atomic mass is 32.2. The quantitative estimate of drug-likeness (QED) is 0.281. The number of thioether (sulfide) groups is 1. The molecule has 0 spiro atoms. The lowest BCUT2D eigenvalue weighted by atomic mass is 9.95. The van der Waals surface area contributed by atoms with E-state index in [1.807, 2.05) is 5.41 Å². The molecule has 1 heterocycles. The van der Waals surface area contributed by atoms with E-state index in [4.69, 9.17) is 16.2 Å². The van der Waals surface area contributed by atoms with Crippen LogP contribution in [-0.2, 0) is 9.59 Å². The smallest absolute Gasteiger partial charge is 0.303 e. The van der Waals surface area contributed by atoms with Gasteiger partial charge in [0.2, 0.25) is 5.91 Å². The second-order valence-corrected chi connectivity index (χ2v) is 6.91. The summed E-state index contributed by atoms with van der Waals surface area (Å²) in [6.45, 7) is -0.240. The molecule has 0 saturated carbocycles. The highest BCUT2D eigenvalue weighted by molar-refractivity contribution is 8.02. The summed E-state index contributed by atoms with van der Waals surface area (Å²) in [5.41, 5.74) is 5.34. The zero-order valence-corrected chi connectivity index (χ0v) is 15.3. The molecule has 1 aliphatic heterocycles. The Morgan fingerprint density at radius 3 is 2.74 bits per heavy atom. The number of guanidine groups is 1. The van der Waals surface area contributed by atoms with E-state index >= 15 is 0 Å². The van der Waals surface area contributed by atoms with Gasteiger partial charge >= 0.3 is 5.97 Å². The number of anilines is 1. The minimum atomic E-state index is -0.929. The van der Waals surface area contributed by atoms with Crippen LogP contribution in [0.5, 0.6) is 0 Å². The van der Waals surface area contributed by atoms with Crippen molar-refractivity contribution >= 4 is 41.2 Å². The lowest BCUT2D eigenvalue weighted by Crippen LogP contribution is -2.51. The summed E-state index contributed by atoms with van der Waals surface area (Å²) in [5, 5.41) is 25.8. The van der Waals surface area contributed by atoms with Gasteiger partial charge in [0.05, 0.1) is 12.1 Å². The number of benzene rings is 1. The molecule has 2 rings (SSSR count). The minimum absolute atomic E-state index is 0.0620. The van der Waals surface area contributed by atoms with Crippen molar-refractivity contribution in [2.45, 2.75) is 18.4 Å². The van der Waals surface area contributed by atoms with E-state index in [1.54, 1.807) is 24.3 Å². The molecule has 1 unspecified atom stereocenters. The summed E-state index contributed by atoms with van der Waals surface area (Å²) in [5.74, 6) is -1.48. The first-order chi connectivity index (χ1) is 12.8. The molecule has 0 bridgehead atoms. The fraction of sp³-hybridized carbons (Fsp3) is 0.294.